The number of thiophene rings is 1. The van der Waals surface area contributed by atoms with Crippen LogP contribution in [-0.4, -0.2) is 30.0 Å². The first kappa shape index (κ1) is 14.5. The third-order valence-electron chi connectivity index (χ3n) is 3.18. The molecule has 2 rings (SSSR count). The fourth-order valence-electron chi connectivity index (χ4n) is 2.03. The summed E-state index contributed by atoms with van der Waals surface area (Å²) in [4.78, 5) is 7.53. The van der Waals surface area contributed by atoms with Crippen molar-refractivity contribution in [3.63, 3.8) is 0 Å². The van der Waals surface area contributed by atoms with Gasteiger partial charge in [-0.2, -0.15) is 0 Å². The van der Waals surface area contributed by atoms with Crippen molar-refractivity contribution in [1.82, 2.24) is 9.88 Å². The zero-order valence-electron chi connectivity index (χ0n) is 10.9. The van der Waals surface area contributed by atoms with Gasteiger partial charge in [0.25, 0.3) is 0 Å². The van der Waals surface area contributed by atoms with E-state index in [-0.39, 0.29) is 6.04 Å². The first-order valence-electron chi connectivity index (χ1n) is 6.25. The molecule has 0 fully saturated rings. The van der Waals surface area contributed by atoms with Gasteiger partial charge in [-0.3, -0.25) is 9.88 Å². The zero-order valence-corrected chi connectivity index (χ0v) is 12.5. The summed E-state index contributed by atoms with van der Waals surface area (Å²) in [6.07, 6.45) is 4.65. The third kappa shape index (κ3) is 4.01. The number of halogens is 1. The molecule has 0 aromatic carbocycles. The molecule has 0 saturated heterocycles. The summed E-state index contributed by atoms with van der Waals surface area (Å²) in [6.45, 7) is 1.56. The monoisotopic (exact) mass is 295 g/mol. The molecule has 19 heavy (non-hydrogen) atoms. The van der Waals surface area contributed by atoms with Gasteiger partial charge in [-0.1, -0.05) is 11.6 Å². The first-order chi connectivity index (χ1) is 9.20. The van der Waals surface area contributed by atoms with Gasteiger partial charge in [-0.05, 0) is 43.3 Å². The lowest BCUT2D eigenvalue weighted by Crippen LogP contribution is -2.31. The molecule has 2 N–H and O–H groups in total. The number of likely N-dealkylation sites (N-methyl/N-ethyl adjacent to an activating group) is 1. The molecule has 3 nitrogen and oxygen atoms in total. The lowest BCUT2D eigenvalue weighted by molar-refractivity contribution is 0.256. The van der Waals surface area contributed by atoms with Crippen LogP contribution in [0.3, 0.4) is 0 Å². The third-order valence-corrected chi connectivity index (χ3v) is 4.51. The zero-order chi connectivity index (χ0) is 13.7. The maximum Gasteiger partial charge on any atom is 0.0931 e. The Bertz CT molecular complexity index is 500. The molecule has 0 saturated carbocycles. The number of pyridine rings is 1. The van der Waals surface area contributed by atoms with Gasteiger partial charge < -0.3 is 5.73 Å². The van der Waals surface area contributed by atoms with Crippen molar-refractivity contribution in [2.24, 2.45) is 5.73 Å². The second-order valence-corrected chi connectivity index (χ2v) is 6.23. The van der Waals surface area contributed by atoms with Gasteiger partial charge in [0.05, 0.1) is 10.4 Å². The van der Waals surface area contributed by atoms with Crippen LogP contribution < -0.4 is 5.73 Å². The second kappa shape index (κ2) is 7.01. The van der Waals surface area contributed by atoms with Crippen LogP contribution in [0.4, 0.5) is 0 Å². The maximum atomic E-state index is 5.99. The van der Waals surface area contributed by atoms with Gasteiger partial charge in [0.15, 0.2) is 0 Å². The lowest BCUT2D eigenvalue weighted by Gasteiger charge is -2.26. The minimum atomic E-state index is 0.235. The quantitative estimate of drug-likeness (QED) is 0.891. The van der Waals surface area contributed by atoms with Gasteiger partial charge in [0.1, 0.15) is 0 Å². The highest BCUT2D eigenvalue weighted by atomic mass is 35.5. The average molecular weight is 296 g/mol. The van der Waals surface area contributed by atoms with Crippen molar-refractivity contribution < 1.29 is 0 Å². The number of hydrogen-bond donors (Lipinski definition) is 1. The predicted octanol–water partition coefficient (Wildman–Crippen LogP) is 2.97. The number of hydrogen-bond acceptors (Lipinski definition) is 4. The SMILES string of the molecule is CN(CCc1ccncc1)C(CN)c1ccc(Cl)s1. The summed E-state index contributed by atoms with van der Waals surface area (Å²) in [5.74, 6) is 0. The molecule has 0 aliphatic rings. The Morgan fingerprint density at radius 3 is 2.63 bits per heavy atom. The average Bonchev–Trinajstić information content (AvgIpc) is 2.85. The van der Waals surface area contributed by atoms with Gasteiger partial charge in [-0.15, -0.1) is 11.3 Å². The normalized spacial score (nSPS) is 12.8. The molecule has 1 atom stereocenters. The molecule has 0 bridgehead atoms. The topological polar surface area (TPSA) is 42.2 Å². The van der Waals surface area contributed by atoms with Crippen molar-refractivity contribution in [2.75, 3.05) is 20.1 Å². The highest BCUT2D eigenvalue weighted by molar-refractivity contribution is 7.16. The maximum absolute atomic E-state index is 5.99. The fraction of sp³-hybridized carbons (Fsp3) is 0.357. The van der Waals surface area contributed by atoms with Crippen molar-refractivity contribution in [1.29, 1.82) is 0 Å². The van der Waals surface area contributed by atoms with Crippen molar-refractivity contribution in [3.8, 4) is 0 Å². The van der Waals surface area contributed by atoms with Crippen LogP contribution in [-0.2, 0) is 6.42 Å². The minimum absolute atomic E-state index is 0.235. The van der Waals surface area contributed by atoms with Crippen LogP contribution in [0, 0.1) is 0 Å². The van der Waals surface area contributed by atoms with Crippen molar-refractivity contribution in [2.45, 2.75) is 12.5 Å². The molecule has 2 aromatic heterocycles. The fourth-order valence-corrected chi connectivity index (χ4v) is 3.27. The van der Waals surface area contributed by atoms with Gasteiger partial charge >= 0.3 is 0 Å². The summed E-state index contributed by atoms with van der Waals surface area (Å²) < 4.78 is 0.816. The van der Waals surface area contributed by atoms with E-state index in [1.54, 1.807) is 11.3 Å². The van der Waals surface area contributed by atoms with Crippen LogP contribution >= 0.6 is 22.9 Å². The van der Waals surface area contributed by atoms with E-state index in [2.05, 4.69) is 23.0 Å². The van der Waals surface area contributed by atoms with E-state index in [9.17, 15) is 0 Å². The molecular weight excluding hydrogens is 278 g/mol. The highest BCUT2D eigenvalue weighted by Gasteiger charge is 2.17. The van der Waals surface area contributed by atoms with Crippen molar-refractivity contribution in [3.05, 3.63) is 51.4 Å². The first-order valence-corrected chi connectivity index (χ1v) is 7.44. The van der Waals surface area contributed by atoms with E-state index >= 15 is 0 Å². The molecule has 0 radical (unpaired) electrons. The molecule has 0 spiro atoms. The van der Waals surface area contributed by atoms with E-state index in [1.807, 2.05) is 30.6 Å². The number of nitrogens with two attached hydrogens (primary N) is 1. The van der Waals surface area contributed by atoms with Crippen LogP contribution in [0.2, 0.25) is 4.34 Å². The van der Waals surface area contributed by atoms with Gasteiger partial charge in [0.2, 0.25) is 0 Å². The lowest BCUT2D eigenvalue weighted by atomic mass is 10.1. The van der Waals surface area contributed by atoms with E-state index in [1.165, 1.54) is 10.4 Å². The Balaban J connectivity index is 1.96. The highest BCUT2D eigenvalue weighted by Crippen LogP contribution is 2.29. The van der Waals surface area contributed by atoms with E-state index in [0.29, 0.717) is 6.54 Å². The van der Waals surface area contributed by atoms with E-state index in [0.717, 1.165) is 17.3 Å². The Kier molecular flexibility index (Phi) is 5.34. The molecule has 0 aliphatic carbocycles. The molecular formula is C14H18ClN3S. The Labute approximate surface area is 123 Å². The Morgan fingerprint density at radius 1 is 1.32 bits per heavy atom. The largest absolute Gasteiger partial charge is 0.329 e. The molecule has 1 unspecified atom stereocenters. The Hall–Kier alpha value is -0.940. The Morgan fingerprint density at radius 2 is 2.05 bits per heavy atom. The van der Waals surface area contributed by atoms with Gasteiger partial charge in [0, 0.05) is 30.4 Å². The van der Waals surface area contributed by atoms with Crippen LogP contribution in [0.15, 0.2) is 36.7 Å². The summed E-state index contributed by atoms with van der Waals surface area (Å²) in [6, 6.07) is 8.33. The summed E-state index contributed by atoms with van der Waals surface area (Å²) >= 11 is 7.60. The number of nitrogens with zero attached hydrogens (tertiary/aromatic N) is 2. The molecule has 0 aliphatic heterocycles. The molecule has 2 aromatic rings. The molecule has 102 valence electrons. The summed E-state index contributed by atoms with van der Waals surface area (Å²) in [5.41, 5.74) is 7.19. The molecule has 0 amide bonds. The van der Waals surface area contributed by atoms with Gasteiger partial charge in [-0.25, -0.2) is 0 Å². The standard InChI is InChI=1S/C14H18ClN3S/c1-18(9-6-11-4-7-17-8-5-11)12(10-16)13-2-3-14(15)19-13/h2-5,7-8,12H,6,9-10,16H2,1H3. The summed E-state index contributed by atoms with van der Waals surface area (Å²) in [7, 11) is 2.10. The number of aromatic nitrogens is 1. The van der Waals surface area contributed by atoms with Crippen LogP contribution in [0.5, 0.6) is 0 Å². The number of rotatable bonds is 6. The minimum Gasteiger partial charge on any atom is -0.329 e. The van der Waals surface area contributed by atoms with Crippen LogP contribution in [0.25, 0.3) is 0 Å². The molecule has 5 heteroatoms. The molecule has 2 heterocycles. The predicted molar refractivity (Wildman–Crippen MR) is 81.7 cm³/mol. The second-order valence-electron chi connectivity index (χ2n) is 4.48. The van der Waals surface area contributed by atoms with E-state index in [4.69, 9.17) is 17.3 Å². The summed E-state index contributed by atoms with van der Waals surface area (Å²) in [5, 5.41) is 0. The smallest absolute Gasteiger partial charge is 0.0931 e. The van der Waals surface area contributed by atoms with Crippen LogP contribution in [0.1, 0.15) is 16.5 Å². The van der Waals surface area contributed by atoms with E-state index < -0.39 is 0 Å². The van der Waals surface area contributed by atoms with Crippen molar-refractivity contribution >= 4 is 22.9 Å².